The number of amides is 1. The van der Waals surface area contributed by atoms with Crippen LogP contribution in [0.3, 0.4) is 0 Å². The number of nitrogens with zero attached hydrogens (tertiary/aromatic N) is 2. The van der Waals surface area contributed by atoms with Crippen molar-refractivity contribution < 1.29 is 4.79 Å². The maximum atomic E-state index is 12.7. The van der Waals surface area contributed by atoms with Crippen LogP contribution in [0, 0.1) is 18.8 Å². The van der Waals surface area contributed by atoms with Crippen LogP contribution in [0.2, 0.25) is 0 Å². The number of carbonyl (C=O) groups is 1. The molecule has 1 aromatic heterocycles. The van der Waals surface area contributed by atoms with Crippen LogP contribution < -0.4 is 5.32 Å². The highest BCUT2D eigenvalue weighted by Crippen LogP contribution is 2.25. The standard InChI is InChI=1S/C16H25N3O/c1-5-17-15-8-13(4)18-9-14(15)16(20)19-7-6-11(2)12(3)10-19/h8-9,11-12H,5-7,10H2,1-4H3,(H,17,18). The van der Waals surface area contributed by atoms with Gasteiger partial charge in [0, 0.05) is 31.5 Å². The number of carbonyl (C=O) groups excluding carboxylic acids is 1. The zero-order chi connectivity index (χ0) is 14.7. The number of pyridine rings is 1. The van der Waals surface area contributed by atoms with Gasteiger partial charge < -0.3 is 10.2 Å². The summed E-state index contributed by atoms with van der Waals surface area (Å²) in [6.07, 6.45) is 2.79. The number of hydrogen-bond acceptors (Lipinski definition) is 3. The van der Waals surface area contributed by atoms with Gasteiger partial charge in [-0.1, -0.05) is 13.8 Å². The summed E-state index contributed by atoms with van der Waals surface area (Å²) in [5, 5.41) is 3.27. The first kappa shape index (κ1) is 14.8. The summed E-state index contributed by atoms with van der Waals surface area (Å²) in [7, 11) is 0. The Kier molecular flexibility index (Phi) is 4.63. The Hall–Kier alpha value is -1.58. The summed E-state index contributed by atoms with van der Waals surface area (Å²) in [5.74, 6) is 1.37. The molecule has 2 heterocycles. The molecule has 4 nitrogen and oxygen atoms in total. The van der Waals surface area contributed by atoms with Gasteiger partial charge in [-0.15, -0.1) is 0 Å². The lowest BCUT2D eigenvalue weighted by Gasteiger charge is -2.35. The molecular weight excluding hydrogens is 250 g/mol. The Labute approximate surface area is 121 Å². The molecule has 1 N–H and O–H groups in total. The quantitative estimate of drug-likeness (QED) is 0.922. The molecule has 1 aliphatic heterocycles. The smallest absolute Gasteiger partial charge is 0.257 e. The van der Waals surface area contributed by atoms with Gasteiger partial charge in [-0.25, -0.2) is 0 Å². The van der Waals surface area contributed by atoms with Gasteiger partial charge >= 0.3 is 0 Å². The van der Waals surface area contributed by atoms with Gasteiger partial charge in [0.15, 0.2) is 0 Å². The number of anilines is 1. The van der Waals surface area contributed by atoms with Crippen molar-refractivity contribution in [3.05, 3.63) is 23.5 Å². The molecule has 1 fully saturated rings. The van der Waals surface area contributed by atoms with Gasteiger partial charge in [-0.2, -0.15) is 0 Å². The predicted octanol–water partition coefficient (Wildman–Crippen LogP) is 2.94. The summed E-state index contributed by atoms with van der Waals surface area (Å²) < 4.78 is 0. The Morgan fingerprint density at radius 3 is 2.85 bits per heavy atom. The van der Waals surface area contributed by atoms with Crippen molar-refractivity contribution in [2.45, 2.75) is 34.1 Å². The maximum absolute atomic E-state index is 12.7. The number of nitrogens with one attached hydrogen (secondary N) is 1. The SMILES string of the molecule is CCNc1cc(C)ncc1C(=O)N1CCC(C)C(C)C1. The second-order valence-electron chi connectivity index (χ2n) is 5.90. The number of aromatic nitrogens is 1. The van der Waals surface area contributed by atoms with Crippen LogP contribution in [0.4, 0.5) is 5.69 Å². The van der Waals surface area contributed by atoms with E-state index in [0.717, 1.165) is 37.4 Å². The van der Waals surface area contributed by atoms with Crippen molar-refractivity contribution in [1.82, 2.24) is 9.88 Å². The van der Waals surface area contributed by atoms with Crippen LogP contribution in [0.25, 0.3) is 0 Å². The van der Waals surface area contributed by atoms with Crippen LogP contribution in [0.15, 0.2) is 12.3 Å². The molecule has 0 saturated carbocycles. The highest BCUT2D eigenvalue weighted by molar-refractivity contribution is 5.99. The highest BCUT2D eigenvalue weighted by atomic mass is 16.2. The fraction of sp³-hybridized carbons (Fsp3) is 0.625. The van der Waals surface area contributed by atoms with Gasteiger partial charge in [0.25, 0.3) is 5.91 Å². The topological polar surface area (TPSA) is 45.2 Å². The van der Waals surface area contributed by atoms with Crippen LogP contribution in [0.5, 0.6) is 0 Å². The lowest BCUT2D eigenvalue weighted by molar-refractivity contribution is 0.0628. The maximum Gasteiger partial charge on any atom is 0.257 e. The van der Waals surface area contributed by atoms with Crippen molar-refractivity contribution in [2.75, 3.05) is 25.0 Å². The highest BCUT2D eigenvalue weighted by Gasteiger charge is 2.27. The zero-order valence-electron chi connectivity index (χ0n) is 12.9. The van der Waals surface area contributed by atoms with Gasteiger partial charge in [-0.05, 0) is 38.2 Å². The second-order valence-corrected chi connectivity index (χ2v) is 5.90. The van der Waals surface area contributed by atoms with E-state index in [2.05, 4.69) is 24.1 Å². The van der Waals surface area contributed by atoms with E-state index in [0.29, 0.717) is 17.4 Å². The largest absolute Gasteiger partial charge is 0.385 e. The number of aryl methyl sites for hydroxylation is 1. The molecule has 110 valence electrons. The summed E-state index contributed by atoms with van der Waals surface area (Å²) in [6, 6.07) is 1.95. The van der Waals surface area contributed by atoms with Crippen molar-refractivity contribution in [3.63, 3.8) is 0 Å². The predicted molar refractivity (Wildman–Crippen MR) is 82.0 cm³/mol. The molecular formula is C16H25N3O. The minimum Gasteiger partial charge on any atom is -0.385 e. The third kappa shape index (κ3) is 3.11. The van der Waals surface area contributed by atoms with Crippen LogP contribution in [-0.2, 0) is 0 Å². The Morgan fingerprint density at radius 2 is 2.20 bits per heavy atom. The first-order valence-electron chi connectivity index (χ1n) is 7.52. The number of likely N-dealkylation sites (tertiary alicyclic amines) is 1. The minimum absolute atomic E-state index is 0.104. The molecule has 0 bridgehead atoms. The van der Waals surface area contributed by atoms with Gasteiger partial charge in [0.1, 0.15) is 0 Å². The molecule has 0 aromatic carbocycles. The molecule has 1 saturated heterocycles. The molecule has 2 atom stereocenters. The van der Waals surface area contributed by atoms with Gasteiger partial charge in [0.2, 0.25) is 0 Å². The third-order valence-electron chi connectivity index (χ3n) is 4.26. The van der Waals surface area contributed by atoms with Gasteiger partial charge in [-0.3, -0.25) is 9.78 Å². The van der Waals surface area contributed by atoms with E-state index in [9.17, 15) is 4.79 Å². The van der Waals surface area contributed by atoms with E-state index in [1.807, 2.05) is 24.8 Å². The van der Waals surface area contributed by atoms with Gasteiger partial charge in [0.05, 0.1) is 11.3 Å². The first-order valence-corrected chi connectivity index (χ1v) is 7.52. The number of rotatable bonds is 3. The lowest BCUT2D eigenvalue weighted by Crippen LogP contribution is -2.42. The van der Waals surface area contributed by atoms with E-state index >= 15 is 0 Å². The van der Waals surface area contributed by atoms with E-state index in [1.165, 1.54) is 0 Å². The van der Waals surface area contributed by atoms with E-state index in [1.54, 1.807) is 6.20 Å². The fourth-order valence-corrected chi connectivity index (χ4v) is 2.68. The monoisotopic (exact) mass is 275 g/mol. The Balaban J connectivity index is 2.20. The summed E-state index contributed by atoms with van der Waals surface area (Å²) in [6.45, 7) is 11.0. The van der Waals surface area contributed by atoms with Crippen molar-refractivity contribution in [3.8, 4) is 0 Å². The number of hydrogen-bond donors (Lipinski definition) is 1. The van der Waals surface area contributed by atoms with Crippen molar-refractivity contribution in [1.29, 1.82) is 0 Å². The zero-order valence-corrected chi connectivity index (χ0v) is 12.9. The normalized spacial score (nSPS) is 22.7. The first-order chi connectivity index (χ1) is 9.52. The lowest BCUT2D eigenvalue weighted by atomic mass is 9.88. The molecule has 20 heavy (non-hydrogen) atoms. The Bertz CT molecular complexity index is 487. The Morgan fingerprint density at radius 1 is 1.45 bits per heavy atom. The summed E-state index contributed by atoms with van der Waals surface area (Å²) >= 11 is 0. The van der Waals surface area contributed by atoms with E-state index < -0.39 is 0 Å². The molecule has 4 heteroatoms. The molecule has 2 unspecified atom stereocenters. The van der Waals surface area contributed by atoms with Crippen LogP contribution in [-0.4, -0.2) is 35.4 Å². The molecule has 1 aromatic rings. The number of piperidine rings is 1. The van der Waals surface area contributed by atoms with E-state index in [4.69, 9.17) is 0 Å². The molecule has 0 spiro atoms. The van der Waals surface area contributed by atoms with Crippen LogP contribution >= 0.6 is 0 Å². The summed E-state index contributed by atoms with van der Waals surface area (Å²) in [5.41, 5.74) is 2.52. The molecule has 1 amide bonds. The molecule has 0 radical (unpaired) electrons. The van der Waals surface area contributed by atoms with Crippen molar-refractivity contribution >= 4 is 11.6 Å². The average Bonchev–Trinajstić information content (AvgIpc) is 2.42. The van der Waals surface area contributed by atoms with Crippen molar-refractivity contribution in [2.24, 2.45) is 11.8 Å². The van der Waals surface area contributed by atoms with Crippen LogP contribution in [0.1, 0.15) is 43.2 Å². The third-order valence-corrected chi connectivity index (χ3v) is 4.26. The molecule has 2 rings (SSSR count). The minimum atomic E-state index is 0.104. The molecule has 0 aliphatic carbocycles. The second kappa shape index (κ2) is 6.25. The fourth-order valence-electron chi connectivity index (χ4n) is 2.68. The average molecular weight is 275 g/mol. The summed E-state index contributed by atoms with van der Waals surface area (Å²) in [4.78, 5) is 19.0. The van der Waals surface area contributed by atoms with E-state index in [-0.39, 0.29) is 5.91 Å². The molecule has 1 aliphatic rings.